The first-order chi connectivity index (χ1) is 12.6. The van der Waals surface area contributed by atoms with Crippen LogP contribution < -0.4 is 5.32 Å². The van der Waals surface area contributed by atoms with Crippen LogP contribution in [0.1, 0.15) is 15.9 Å². The second-order valence-electron chi connectivity index (χ2n) is 5.88. The van der Waals surface area contributed by atoms with Crippen LogP contribution in [0.2, 0.25) is 5.02 Å². The molecule has 1 amide bonds. The van der Waals surface area contributed by atoms with Crippen molar-refractivity contribution >= 4 is 34.3 Å². The van der Waals surface area contributed by atoms with Gasteiger partial charge in [-0.3, -0.25) is 9.78 Å². The van der Waals surface area contributed by atoms with E-state index in [4.69, 9.17) is 16.0 Å². The van der Waals surface area contributed by atoms with Crippen LogP contribution in [0.15, 0.2) is 65.3 Å². The van der Waals surface area contributed by atoms with Gasteiger partial charge in [0.05, 0.1) is 16.1 Å². The molecule has 0 saturated carbocycles. The van der Waals surface area contributed by atoms with Crippen LogP contribution in [0.4, 0.5) is 5.69 Å². The van der Waals surface area contributed by atoms with E-state index in [9.17, 15) is 4.79 Å². The number of benzene rings is 2. The van der Waals surface area contributed by atoms with E-state index in [1.54, 1.807) is 36.5 Å². The molecular formula is C20H14ClN3O2. The number of carbonyl (C=O) groups is 1. The lowest BCUT2D eigenvalue weighted by atomic mass is 10.2. The summed E-state index contributed by atoms with van der Waals surface area (Å²) in [4.78, 5) is 20.7. The highest BCUT2D eigenvalue weighted by Crippen LogP contribution is 2.32. The molecule has 4 aromatic rings. The van der Waals surface area contributed by atoms with Crippen LogP contribution in [-0.4, -0.2) is 15.9 Å². The minimum Gasteiger partial charge on any atom is -0.436 e. The quantitative estimate of drug-likeness (QED) is 0.549. The van der Waals surface area contributed by atoms with Gasteiger partial charge >= 0.3 is 0 Å². The lowest BCUT2D eigenvalue weighted by molar-refractivity contribution is 0.102. The van der Waals surface area contributed by atoms with Crippen LogP contribution in [0.5, 0.6) is 0 Å². The average Bonchev–Trinajstić information content (AvgIpc) is 3.07. The van der Waals surface area contributed by atoms with Crippen LogP contribution >= 0.6 is 11.6 Å². The van der Waals surface area contributed by atoms with Crippen molar-refractivity contribution in [1.29, 1.82) is 0 Å². The van der Waals surface area contributed by atoms with Crippen LogP contribution in [0.3, 0.4) is 0 Å². The minimum atomic E-state index is -0.250. The van der Waals surface area contributed by atoms with Crippen molar-refractivity contribution in [3.05, 3.63) is 77.1 Å². The van der Waals surface area contributed by atoms with Gasteiger partial charge in [-0.15, -0.1) is 0 Å². The maximum Gasteiger partial charge on any atom is 0.257 e. The zero-order valence-electron chi connectivity index (χ0n) is 13.9. The summed E-state index contributed by atoms with van der Waals surface area (Å²) >= 11 is 6.32. The molecule has 0 aliphatic heterocycles. The van der Waals surface area contributed by atoms with Gasteiger partial charge in [0.25, 0.3) is 5.91 Å². The molecule has 0 aliphatic carbocycles. The molecule has 26 heavy (non-hydrogen) atoms. The van der Waals surface area contributed by atoms with Gasteiger partial charge in [-0.25, -0.2) is 4.98 Å². The number of pyridine rings is 1. The smallest absolute Gasteiger partial charge is 0.257 e. The Labute approximate surface area is 154 Å². The normalized spacial score (nSPS) is 10.8. The molecule has 0 atom stereocenters. The number of fused-ring (bicyclic) bond motifs is 1. The number of hydrogen-bond acceptors (Lipinski definition) is 4. The molecule has 2 aromatic heterocycles. The fourth-order valence-corrected chi connectivity index (χ4v) is 2.81. The van der Waals surface area contributed by atoms with E-state index in [-0.39, 0.29) is 5.91 Å². The lowest BCUT2D eigenvalue weighted by Crippen LogP contribution is -2.12. The number of anilines is 1. The molecule has 4 rings (SSSR count). The summed E-state index contributed by atoms with van der Waals surface area (Å²) < 4.78 is 5.84. The van der Waals surface area contributed by atoms with Crippen LogP contribution in [-0.2, 0) is 0 Å². The van der Waals surface area contributed by atoms with Crippen molar-refractivity contribution in [3.8, 4) is 11.5 Å². The van der Waals surface area contributed by atoms with E-state index in [1.807, 2.05) is 25.1 Å². The molecule has 0 saturated heterocycles. The van der Waals surface area contributed by atoms with E-state index >= 15 is 0 Å². The zero-order valence-corrected chi connectivity index (χ0v) is 14.6. The van der Waals surface area contributed by atoms with E-state index in [0.29, 0.717) is 33.3 Å². The van der Waals surface area contributed by atoms with Gasteiger partial charge in [0.15, 0.2) is 5.58 Å². The standard InChI is InChI=1S/C20H14ClN3O2/c1-12-4-7-17-18(9-12)26-20(24-17)15-10-14(5-6-16(15)21)23-19(25)13-3-2-8-22-11-13/h2-11H,1H3,(H,23,25). The third kappa shape index (κ3) is 3.17. The predicted octanol–water partition coefficient (Wildman–Crippen LogP) is 5.10. The third-order valence-electron chi connectivity index (χ3n) is 3.92. The van der Waals surface area contributed by atoms with Gasteiger partial charge < -0.3 is 9.73 Å². The predicted molar refractivity (Wildman–Crippen MR) is 101 cm³/mol. The molecule has 0 aliphatic rings. The second-order valence-corrected chi connectivity index (χ2v) is 6.29. The summed E-state index contributed by atoms with van der Waals surface area (Å²) in [6, 6.07) is 14.4. The van der Waals surface area contributed by atoms with Gasteiger partial charge in [0, 0.05) is 18.1 Å². The molecule has 2 heterocycles. The lowest BCUT2D eigenvalue weighted by Gasteiger charge is -2.07. The van der Waals surface area contributed by atoms with E-state index < -0.39 is 0 Å². The first kappa shape index (κ1) is 16.3. The topological polar surface area (TPSA) is 68.0 Å². The molecular weight excluding hydrogens is 350 g/mol. The van der Waals surface area contributed by atoms with Gasteiger partial charge in [0.1, 0.15) is 5.52 Å². The van der Waals surface area contributed by atoms with Gasteiger partial charge in [0.2, 0.25) is 5.89 Å². The van der Waals surface area contributed by atoms with E-state index in [2.05, 4.69) is 15.3 Å². The Bertz CT molecular complexity index is 1110. The zero-order chi connectivity index (χ0) is 18.1. The van der Waals surface area contributed by atoms with Gasteiger partial charge in [-0.1, -0.05) is 17.7 Å². The Kier molecular flexibility index (Phi) is 4.14. The molecule has 0 unspecified atom stereocenters. The molecule has 6 heteroatoms. The number of aromatic nitrogens is 2. The number of aryl methyl sites for hydroxylation is 1. The van der Waals surface area contributed by atoms with Crippen molar-refractivity contribution in [3.63, 3.8) is 0 Å². The highest BCUT2D eigenvalue weighted by Gasteiger charge is 2.14. The largest absolute Gasteiger partial charge is 0.436 e. The second kappa shape index (κ2) is 6.61. The molecule has 1 N–H and O–H groups in total. The summed E-state index contributed by atoms with van der Waals surface area (Å²) in [5.74, 6) is 0.160. The monoisotopic (exact) mass is 363 g/mol. The number of hydrogen-bond donors (Lipinski definition) is 1. The van der Waals surface area contributed by atoms with Gasteiger partial charge in [-0.05, 0) is 55.0 Å². The summed E-state index contributed by atoms with van der Waals surface area (Å²) in [6.45, 7) is 1.99. The fraction of sp³-hybridized carbons (Fsp3) is 0.0500. The molecule has 5 nitrogen and oxygen atoms in total. The first-order valence-electron chi connectivity index (χ1n) is 7.99. The minimum absolute atomic E-state index is 0.250. The summed E-state index contributed by atoms with van der Waals surface area (Å²) in [5, 5.41) is 3.32. The maximum atomic E-state index is 12.3. The highest BCUT2D eigenvalue weighted by molar-refractivity contribution is 6.33. The number of amides is 1. The number of nitrogens with one attached hydrogen (secondary N) is 1. The van der Waals surface area contributed by atoms with Crippen molar-refractivity contribution in [1.82, 2.24) is 9.97 Å². The van der Waals surface area contributed by atoms with Crippen LogP contribution in [0, 0.1) is 6.92 Å². The molecule has 0 radical (unpaired) electrons. The van der Waals surface area contributed by atoms with E-state index in [1.165, 1.54) is 6.20 Å². The fourth-order valence-electron chi connectivity index (χ4n) is 2.61. The molecule has 0 bridgehead atoms. The Morgan fingerprint density at radius 1 is 1.15 bits per heavy atom. The number of carbonyl (C=O) groups excluding carboxylic acids is 1. The molecule has 128 valence electrons. The Hall–Kier alpha value is -3.18. The Morgan fingerprint density at radius 2 is 2.04 bits per heavy atom. The number of nitrogens with zero attached hydrogens (tertiary/aromatic N) is 2. The number of oxazole rings is 1. The summed E-state index contributed by atoms with van der Waals surface area (Å²) in [5.41, 5.74) is 4.22. The third-order valence-corrected chi connectivity index (χ3v) is 4.25. The van der Waals surface area contributed by atoms with Crippen molar-refractivity contribution in [2.45, 2.75) is 6.92 Å². The van der Waals surface area contributed by atoms with Crippen molar-refractivity contribution in [2.75, 3.05) is 5.32 Å². The highest BCUT2D eigenvalue weighted by atomic mass is 35.5. The molecule has 0 spiro atoms. The first-order valence-corrected chi connectivity index (χ1v) is 8.36. The number of rotatable bonds is 3. The van der Waals surface area contributed by atoms with Crippen molar-refractivity contribution < 1.29 is 9.21 Å². The van der Waals surface area contributed by atoms with E-state index in [0.717, 1.165) is 11.1 Å². The molecule has 0 fully saturated rings. The van der Waals surface area contributed by atoms with Crippen molar-refractivity contribution in [2.24, 2.45) is 0 Å². The number of halogens is 1. The maximum absolute atomic E-state index is 12.3. The summed E-state index contributed by atoms with van der Waals surface area (Å²) in [7, 11) is 0. The molecule has 2 aromatic carbocycles. The Balaban J connectivity index is 1.68. The Morgan fingerprint density at radius 3 is 2.85 bits per heavy atom. The van der Waals surface area contributed by atoms with Crippen LogP contribution in [0.25, 0.3) is 22.6 Å². The van der Waals surface area contributed by atoms with Gasteiger partial charge in [-0.2, -0.15) is 0 Å². The summed E-state index contributed by atoms with van der Waals surface area (Å²) in [6.07, 6.45) is 3.13. The average molecular weight is 364 g/mol. The SMILES string of the molecule is Cc1ccc2nc(-c3cc(NC(=O)c4cccnc4)ccc3Cl)oc2c1.